The fourth-order valence-electron chi connectivity index (χ4n) is 6.66. The van der Waals surface area contributed by atoms with E-state index in [1.165, 1.54) is 5.39 Å². The summed E-state index contributed by atoms with van der Waals surface area (Å²) in [6.45, 7) is 0. The van der Waals surface area contributed by atoms with Crippen LogP contribution in [0.2, 0.25) is 0 Å². The number of oxazole rings is 1. The predicted octanol–water partition coefficient (Wildman–Crippen LogP) is 11.4. The number of hydrogen-bond acceptors (Lipinski definition) is 6. The largest absolute Gasteiger partial charge is 0.456 e. The Kier molecular flexibility index (Phi) is 6.39. The summed E-state index contributed by atoms with van der Waals surface area (Å²) >= 11 is 0. The van der Waals surface area contributed by atoms with Crippen molar-refractivity contribution in [2.45, 2.75) is 0 Å². The lowest BCUT2D eigenvalue weighted by atomic mass is 10.0. The second-order valence-electron chi connectivity index (χ2n) is 12.3. The molecule has 6 heteroatoms. The lowest BCUT2D eigenvalue weighted by molar-refractivity contribution is 0.620. The third-order valence-corrected chi connectivity index (χ3v) is 9.16. The molecule has 0 aliphatic heterocycles. The van der Waals surface area contributed by atoms with Crippen LogP contribution in [0.1, 0.15) is 0 Å². The maximum atomic E-state index is 6.43. The Hall–Kier alpha value is -6.92. The second-order valence-corrected chi connectivity index (χ2v) is 12.3. The molecule has 50 heavy (non-hydrogen) atoms. The molecule has 3 aromatic heterocycles. The third-order valence-electron chi connectivity index (χ3n) is 9.16. The van der Waals surface area contributed by atoms with E-state index in [1.807, 2.05) is 97.1 Å². The first-order valence-corrected chi connectivity index (χ1v) is 16.5. The van der Waals surface area contributed by atoms with Crippen molar-refractivity contribution in [3.63, 3.8) is 0 Å². The minimum Gasteiger partial charge on any atom is -0.456 e. The van der Waals surface area contributed by atoms with Crippen molar-refractivity contribution >= 4 is 43.8 Å². The molecule has 0 atom stereocenters. The minimum absolute atomic E-state index is 0.559. The van der Waals surface area contributed by atoms with Crippen LogP contribution in [0, 0.1) is 0 Å². The van der Waals surface area contributed by atoms with Crippen molar-refractivity contribution < 1.29 is 8.83 Å². The van der Waals surface area contributed by atoms with Crippen LogP contribution in [-0.4, -0.2) is 19.9 Å². The standard InChI is InChI=1S/C44H26N4O2/c1-3-10-27(11-4-1)29-18-21-31(22-19-29)42-46-41(30-13-5-2-6-14-30)47-43(48-42)34-16-9-17-37-40(34)35-25-39-36(26-38(35)49-37)45-44(50-39)33-23-20-28-12-7-8-15-32(28)24-33/h1-26H. The van der Waals surface area contributed by atoms with Gasteiger partial charge >= 0.3 is 0 Å². The van der Waals surface area contributed by atoms with Gasteiger partial charge in [0, 0.05) is 39.1 Å². The van der Waals surface area contributed by atoms with Crippen molar-refractivity contribution in [3.05, 3.63) is 158 Å². The van der Waals surface area contributed by atoms with Crippen LogP contribution in [0.3, 0.4) is 0 Å². The smallest absolute Gasteiger partial charge is 0.227 e. The molecule has 0 spiro atoms. The van der Waals surface area contributed by atoms with Crippen LogP contribution in [0.25, 0.3) is 101 Å². The number of fused-ring (bicyclic) bond motifs is 5. The molecule has 10 rings (SSSR count). The van der Waals surface area contributed by atoms with Gasteiger partial charge < -0.3 is 8.83 Å². The Morgan fingerprint density at radius 2 is 0.980 bits per heavy atom. The zero-order valence-electron chi connectivity index (χ0n) is 26.6. The molecule has 0 unspecified atom stereocenters. The van der Waals surface area contributed by atoms with Gasteiger partial charge in [0.05, 0.1) is 0 Å². The van der Waals surface area contributed by atoms with Gasteiger partial charge in [-0.05, 0) is 46.2 Å². The summed E-state index contributed by atoms with van der Waals surface area (Å²) in [5, 5.41) is 4.11. The van der Waals surface area contributed by atoms with E-state index in [-0.39, 0.29) is 0 Å². The summed E-state index contributed by atoms with van der Waals surface area (Å²) in [4.78, 5) is 19.9. The van der Waals surface area contributed by atoms with Gasteiger partial charge in [0.15, 0.2) is 23.1 Å². The molecule has 7 aromatic carbocycles. The molecule has 0 saturated carbocycles. The molecule has 0 saturated heterocycles. The molecule has 0 aliphatic rings. The first-order valence-electron chi connectivity index (χ1n) is 16.5. The number of rotatable bonds is 5. The minimum atomic E-state index is 0.559. The van der Waals surface area contributed by atoms with E-state index in [0.717, 1.165) is 60.6 Å². The average Bonchev–Trinajstić information content (AvgIpc) is 3.78. The van der Waals surface area contributed by atoms with Gasteiger partial charge in [0.2, 0.25) is 5.89 Å². The van der Waals surface area contributed by atoms with Gasteiger partial charge in [-0.3, -0.25) is 0 Å². The van der Waals surface area contributed by atoms with E-state index < -0.39 is 0 Å². The summed E-state index contributed by atoms with van der Waals surface area (Å²) in [7, 11) is 0. The number of furan rings is 1. The normalized spacial score (nSPS) is 11.6. The maximum absolute atomic E-state index is 6.43. The van der Waals surface area contributed by atoms with Crippen molar-refractivity contribution in [3.8, 4) is 56.7 Å². The van der Waals surface area contributed by atoms with Gasteiger partial charge in [-0.15, -0.1) is 0 Å². The highest BCUT2D eigenvalue weighted by Gasteiger charge is 2.20. The molecule has 0 fully saturated rings. The summed E-state index contributed by atoms with van der Waals surface area (Å²) in [6.07, 6.45) is 0. The predicted molar refractivity (Wildman–Crippen MR) is 199 cm³/mol. The topological polar surface area (TPSA) is 77.8 Å². The van der Waals surface area contributed by atoms with Crippen molar-refractivity contribution in [1.29, 1.82) is 0 Å². The van der Waals surface area contributed by atoms with Gasteiger partial charge in [0.1, 0.15) is 16.7 Å². The highest BCUT2D eigenvalue weighted by atomic mass is 16.4. The van der Waals surface area contributed by atoms with E-state index in [0.29, 0.717) is 34.5 Å². The highest BCUT2D eigenvalue weighted by Crippen LogP contribution is 2.39. The average molecular weight is 643 g/mol. The van der Waals surface area contributed by atoms with Crippen LogP contribution in [0.5, 0.6) is 0 Å². The summed E-state index contributed by atoms with van der Waals surface area (Å²) < 4.78 is 12.8. The molecule has 0 N–H and O–H groups in total. The Morgan fingerprint density at radius 3 is 1.76 bits per heavy atom. The number of hydrogen-bond donors (Lipinski definition) is 0. The molecule has 0 radical (unpaired) electrons. The van der Waals surface area contributed by atoms with Gasteiger partial charge in [-0.2, -0.15) is 0 Å². The van der Waals surface area contributed by atoms with Crippen molar-refractivity contribution in [1.82, 2.24) is 19.9 Å². The fourth-order valence-corrected chi connectivity index (χ4v) is 6.66. The van der Waals surface area contributed by atoms with Gasteiger partial charge in [-0.25, -0.2) is 19.9 Å². The first-order chi connectivity index (χ1) is 24.7. The zero-order valence-corrected chi connectivity index (χ0v) is 26.6. The van der Waals surface area contributed by atoms with Gasteiger partial charge in [0.25, 0.3) is 0 Å². The van der Waals surface area contributed by atoms with Crippen LogP contribution in [0.15, 0.2) is 167 Å². The summed E-state index contributed by atoms with van der Waals surface area (Å²) in [6, 6.07) is 53.1. The molecule has 0 aliphatic carbocycles. The molecular formula is C44H26N4O2. The van der Waals surface area contributed by atoms with Crippen LogP contribution >= 0.6 is 0 Å². The Bertz CT molecular complexity index is 2860. The molecule has 0 amide bonds. The Morgan fingerprint density at radius 1 is 0.360 bits per heavy atom. The van der Waals surface area contributed by atoms with Crippen molar-refractivity contribution in [2.24, 2.45) is 0 Å². The van der Waals surface area contributed by atoms with Crippen molar-refractivity contribution in [2.75, 3.05) is 0 Å². The summed E-state index contributed by atoms with van der Waals surface area (Å²) in [5.74, 6) is 2.32. The second kappa shape index (κ2) is 11.4. The molecule has 234 valence electrons. The lowest BCUT2D eigenvalue weighted by Gasteiger charge is -2.10. The van der Waals surface area contributed by atoms with E-state index in [9.17, 15) is 0 Å². The molecular weight excluding hydrogens is 617 g/mol. The first kappa shape index (κ1) is 28.1. The molecule has 0 bridgehead atoms. The van der Waals surface area contributed by atoms with E-state index >= 15 is 0 Å². The van der Waals surface area contributed by atoms with Crippen LogP contribution in [-0.2, 0) is 0 Å². The monoisotopic (exact) mass is 642 g/mol. The number of benzene rings is 7. The molecule has 3 heterocycles. The fraction of sp³-hybridized carbons (Fsp3) is 0. The Balaban J connectivity index is 1.12. The van der Waals surface area contributed by atoms with E-state index in [2.05, 4.69) is 60.7 Å². The lowest BCUT2D eigenvalue weighted by Crippen LogP contribution is -2.00. The highest BCUT2D eigenvalue weighted by molar-refractivity contribution is 6.14. The van der Waals surface area contributed by atoms with Gasteiger partial charge in [-0.1, -0.05) is 127 Å². The quantitative estimate of drug-likeness (QED) is 0.186. The maximum Gasteiger partial charge on any atom is 0.227 e. The molecule has 10 aromatic rings. The van der Waals surface area contributed by atoms with Crippen LogP contribution < -0.4 is 0 Å². The van der Waals surface area contributed by atoms with E-state index in [1.54, 1.807) is 0 Å². The van der Waals surface area contributed by atoms with E-state index in [4.69, 9.17) is 28.8 Å². The Labute approximate surface area is 286 Å². The SMILES string of the molecule is c1ccc(-c2ccc(-c3nc(-c4ccccc4)nc(-c4cccc5oc6cc7nc(-c8ccc9ccccc9c8)oc7cc6c45)n3)cc2)cc1. The summed E-state index contributed by atoms with van der Waals surface area (Å²) in [5.41, 5.74) is 8.72. The van der Waals surface area contributed by atoms with Crippen LogP contribution in [0.4, 0.5) is 0 Å². The number of aromatic nitrogens is 4. The number of nitrogens with zero attached hydrogens (tertiary/aromatic N) is 4. The third kappa shape index (κ3) is 4.81. The zero-order chi connectivity index (χ0) is 33.0. The molecule has 6 nitrogen and oxygen atoms in total.